The number of rotatable bonds is 13. The number of carboxylic acid groups (broad SMARTS) is 1. The second-order valence-electron chi connectivity index (χ2n) is 7.61. The highest BCUT2D eigenvalue weighted by Gasteiger charge is 2.20. The predicted octanol–water partition coefficient (Wildman–Crippen LogP) is 2.90. The molecule has 0 fully saturated rings. The molecule has 0 aliphatic rings. The third kappa shape index (κ3) is 8.04. The maximum absolute atomic E-state index is 12.5. The number of benzene rings is 2. The van der Waals surface area contributed by atoms with Crippen LogP contribution in [0.1, 0.15) is 53.3 Å². The molecule has 0 aliphatic heterocycles. The lowest BCUT2D eigenvalue weighted by atomic mass is 10.00. The van der Waals surface area contributed by atoms with E-state index in [1.54, 1.807) is 36.4 Å². The number of hydrogen-bond acceptors (Lipinski definition) is 5. The van der Waals surface area contributed by atoms with E-state index in [0.717, 1.165) is 19.3 Å². The summed E-state index contributed by atoms with van der Waals surface area (Å²) >= 11 is 0. The molecule has 176 valence electrons. The van der Waals surface area contributed by atoms with Gasteiger partial charge >= 0.3 is 5.97 Å². The van der Waals surface area contributed by atoms with E-state index in [4.69, 9.17) is 0 Å². The van der Waals surface area contributed by atoms with Gasteiger partial charge in [-0.2, -0.15) is 0 Å². The number of nitrogens with zero attached hydrogens (tertiary/aromatic N) is 1. The Morgan fingerprint density at radius 1 is 1.00 bits per heavy atom. The number of carboxylic acids is 1. The van der Waals surface area contributed by atoms with Crippen LogP contribution in [0.2, 0.25) is 0 Å². The van der Waals surface area contributed by atoms with Gasteiger partial charge in [0.2, 0.25) is 12.3 Å². The van der Waals surface area contributed by atoms with Gasteiger partial charge in [-0.1, -0.05) is 50.5 Å². The van der Waals surface area contributed by atoms with Crippen LogP contribution < -0.4 is 10.6 Å². The number of hydroxylamine groups is 2. The maximum Gasteiger partial charge on any atom is 0.335 e. The van der Waals surface area contributed by atoms with E-state index in [-0.39, 0.29) is 31.1 Å². The minimum absolute atomic E-state index is 0.118. The highest BCUT2D eigenvalue weighted by Crippen LogP contribution is 2.22. The van der Waals surface area contributed by atoms with Crippen molar-refractivity contribution in [3.8, 4) is 11.1 Å². The number of carbonyl (C=O) groups excluding carboxylic acids is 3. The van der Waals surface area contributed by atoms with E-state index >= 15 is 0 Å². The van der Waals surface area contributed by atoms with Crippen LogP contribution in [0.25, 0.3) is 11.1 Å². The molecule has 0 spiro atoms. The third-order valence-corrected chi connectivity index (χ3v) is 5.14. The fourth-order valence-electron chi connectivity index (χ4n) is 3.34. The summed E-state index contributed by atoms with van der Waals surface area (Å²) in [4.78, 5) is 46.9. The molecular formula is C24H29N3O6. The molecule has 1 atom stereocenters. The van der Waals surface area contributed by atoms with Crippen molar-refractivity contribution < 1.29 is 29.5 Å². The molecule has 2 aromatic carbocycles. The van der Waals surface area contributed by atoms with Crippen LogP contribution in [0.5, 0.6) is 0 Å². The van der Waals surface area contributed by atoms with Gasteiger partial charge in [0, 0.05) is 5.56 Å². The molecule has 2 aromatic rings. The van der Waals surface area contributed by atoms with Crippen LogP contribution in [0, 0.1) is 5.92 Å². The van der Waals surface area contributed by atoms with Crippen molar-refractivity contribution >= 4 is 24.2 Å². The van der Waals surface area contributed by atoms with Crippen LogP contribution in [0.15, 0.2) is 48.5 Å². The van der Waals surface area contributed by atoms with E-state index in [0.29, 0.717) is 28.2 Å². The average Bonchev–Trinajstić information content (AvgIpc) is 2.83. The summed E-state index contributed by atoms with van der Waals surface area (Å²) in [6, 6.07) is 13.1. The largest absolute Gasteiger partial charge is 0.478 e. The van der Waals surface area contributed by atoms with Crippen LogP contribution in [-0.4, -0.2) is 52.8 Å². The molecule has 9 heteroatoms. The molecule has 0 aromatic heterocycles. The van der Waals surface area contributed by atoms with Gasteiger partial charge < -0.3 is 15.7 Å². The summed E-state index contributed by atoms with van der Waals surface area (Å²) < 4.78 is 0. The zero-order valence-corrected chi connectivity index (χ0v) is 18.5. The molecule has 0 saturated heterocycles. The highest BCUT2D eigenvalue weighted by molar-refractivity contribution is 5.96. The van der Waals surface area contributed by atoms with Gasteiger partial charge in [0.25, 0.3) is 5.91 Å². The fraction of sp³-hybridized carbons (Fsp3) is 0.333. The van der Waals surface area contributed by atoms with Gasteiger partial charge in [-0.05, 0) is 41.8 Å². The molecule has 3 amide bonds. The van der Waals surface area contributed by atoms with Crippen molar-refractivity contribution in [2.45, 2.75) is 32.6 Å². The zero-order valence-electron chi connectivity index (χ0n) is 18.5. The predicted molar refractivity (Wildman–Crippen MR) is 122 cm³/mol. The molecule has 0 radical (unpaired) electrons. The quantitative estimate of drug-likeness (QED) is 0.121. The molecule has 9 nitrogen and oxygen atoms in total. The van der Waals surface area contributed by atoms with Crippen molar-refractivity contribution in [3.05, 3.63) is 59.7 Å². The van der Waals surface area contributed by atoms with Crippen molar-refractivity contribution in [2.75, 3.05) is 13.2 Å². The molecule has 0 unspecified atom stereocenters. The Kier molecular flexibility index (Phi) is 10.0. The summed E-state index contributed by atoms with van der Waals surface area (Å²) in [7, 11) is 0. The topological polar surface area (TPSA) is 136 Å². The minimum Gasteiger partial charge on any atom is -0.478 e. The Morgan fingerprint density at radius 2 is 1.64 bits per heavy atom. The lowest BCUT2D eigenvalue weighted by Crippen LogP contribution is -2.43. The van der Waals surface area contributed by atoms with Crippen LogP contribution >= 0.6 is 0 Å². The second kappa shape index (κ2) is 13.0. The molecule has 0 saturated carbocycles. The van der Waals surface area contributed by atoms with Crippen LogP contribution in [-0.2, 0) is 9.59 Å². The van der Waals surface area contributed by atoms with Crippen LogP contribution in [0.4, 0.5) is 0 Å². The Balaban J connectivity index is 1.97. The SMILES string of the molecule is CCCCC[C@H](CN(O)C=O)C(=O)NCNC(=O)c1cccc(-c2cccc(C(=O)O)c2)c1. The van der Waals surface area contributed by atoms with E-state index in [2.05, 4.69) is 10.6 Å². The van der Waals surface area contributed by atoms with Gasteiger partial charge in [-0.15, -0.1) is 0 Å². The Bertz CT molecular complexity index is 978. The van der Waals surface area contributed by atoms with E-state index in [1.165, 1.54) is 12.1 Å². The summed E-state index contributed by atoms with van der Waals surface area (Å²) in [5, 5.41) is 24.3. The lowest BCUT2D eigenvalue weighted by molar-refractivity contribution is -0.154. The van der Waals surface area contributed by atoms with E-state index < -0.39 is 17.8 Å². The van der Waals surface area contributed by atoms with Crippen molar-refractivity contribution in [3.63, 3.8) is 0 Å². The summed E-state index contributed by atoms with van der Waals surface area (Å²) in [5.41, 5.74) is 1.85. The van der Waals surface area contributed by atoms with Crippen molar-refractivity contribution in [2.24, 2.45) is 5.92 Å². The number of hydrogen-bond donors (Lipinski definition) is 4. The number of unbranched alkanes of at least 4 members (excludes halogenated alkanes) is 2. The number of amides is 3. The first-order valence-corrected chi connectivity index (χ1v) is 10.8. The molecule has 4 N–H and O–H groups in total. The van der Waals surface area contributed by atoms with Gasteiger partial charge in [0.1, 0.15) is 0 Å². The summed E-state index contributed by atoms with van der Waals surface area (Å²) in [6.45, 7) is 1.80. The zero-order chi connectivity index (χ0) is 24.2. The fourth-order valence-corrected chi connectivity index (χ4v) is 3.34. The van der Waals surface area contributed by atoms with E-state index in [9.17, 15) is 29.5 Å². The first kappa shape index (κ1) is 25.5. The first-order valence-electron chi connectivity index (χ1n) is 10.8. The molecular weight excluding hydrogens is 426 g/mol. The van der Waals surface area contributed by atoms with Crippen molar-refractivity contribution in [1.29, 1.82) is 0 Å². The first-order chi connectivity index (χ1) is 15.8. The summed E-state index contributed by atoms with van der Waals surface area (Å²) in [5.74, 6) is -2.40. The maximum atomic E-state index is 12.5. The molecule has 0 aliphatic carbocycles. The Morgan fingerprint density at radius 3 is 2.24 bits per heavy atom. The summed E-state index contributed by atoms with van der Waals surface area (Å²) in [6.07, 6.45) is 3.44. The normalized spacial score (nSPS) is 11.3. The average molecular weight is 456 g/mol. The molecule has 33 heavy (non-hydrogen) atoms. The Labute approximate surface area is 192 Å². The van der Waals surface area contributed by atoms with Gasteiger partial charge in [0.05, 0.1) is 24.7 Å². The smallest absolute Gasteiger partial charge is 0.335 e. The number of nitrogens with one attached hydrogen (secondary N) is 2. The van der Waals surface area contributed by atoms with Crippen LogP contribution in [0.3, 0.4) is 0 Å². The minimum atomic E-state index is -1.04. The third-order valence-electron chi connectivity index (χ3n) is 5.14. The molecule has 0 heterocycles. The van der Waals surface area contributed by atoms with E-state index in [1.807, 2.05) is 6.92 Å². The number of carbonyl (C=O) groups is 4. The molecule has 0 bridgehead atoms. The van der Waals surface area contributed by atoms with Gasteiger partial charge in [-0.25, -0.2) is 9.86 Å². The lowest BCUT2D eigenvalue weighted by Gasteiger charge is -2.19. The number of aromatic carboxylic acids is 1. The molecule has 2 rings (SSSR count). The van der Waals surface area contributed by atoms with Crippen molar-refractivity contribution in [1.82, 2.24) is 15.7 Å². The van der Waals surface area contributed by atoms with Gasteiger partial charge in [0.15, 0.2) is 0 Å². The highest BCUT2D eigenvalue weighted by atomic mass is 16.5. The standard InChI is InChI=1S/C24H29N3O6/c1-2-3-4-7-21(14-27(33)16-28)23(30)26-15-25-22(29)19-10-5-8-17(12-19)18-9-6-11-20(13-18)24(31)32/h5-6,8-13,16,21,33H,2-4,7,14-15H2,1H3,(H,25,29)(H,26,30)(H,31,32)/t21-/m1/s1. The second-order valence-corrected chi connectivity index (χ2v) is 7.61. The monoisotopic (exact) mass is 455 g/mol. The van der Waals surface area contributed by atoms with Gasteiger partial charge in [-0.3, -0.25) is 19.6 Å². The Hall–Kier alpha value is -3.72.